The molecule has 0 bridgehead atoms. The minimum Gasteiger partial charge on any atom is -0.444 e. The molecule has 0 aromatic carbocycles. The molecular weight excluding hydrogens is 220 g/mol. The molecule has 1 atom stereocenters. The van der Waals surface area contributed by atoms with Gasteiger partial charge in [-0.15, -0.1) is 0 Å². The summed E-state index contributed by atoms with van der Waals surface area (Å²) in [5, 5.41) is 8.50. The quantitative estimate of drug-likeness (QED) is 0.736. The normalized spacial score (nSPS) is 19.9. The van der Waals surface area contributed by atoms with Crippen molar-refractivity contribution in [2.75, 3.05) is 6.54 Å². The van der Waals surface area contributed by atoms with Gasteiger partial charge in [0.25, 0.3) is 0 Å². The first-order chi connectivity index (χ1) is 7.85. The number of hydrogen-bond donors (Lipinski definition) is 0. The van der Waals surface area contributed by atoms with Crippen molar-refractivity contribution in [2.24, 2.45) is 0 Å². The van der Waals surface area contributed by atoms with Crippen LogP contribution in [0.4, 0.5) is 4.79 Å². The molecule has 5 heteroatoms. The molecule has 0 radical (unpaired) electrons. The minimum atomic E-state index is -0.567. The number of ether oxygens (including phenoxy) is 1. The fourth-order valence-electron chi connectivity index (χ4n) is 1.84. The van der Waals surface area contributed by atoms with E-state index in [9.17, 15) is 9.59 Å². The van der Waals surface area contributed by atoms with Gasteiger partial charge in [-0.05, 0) is 33.6 Å². The third kappa shape index (κ3) is 3.74. The smallest absolute Gasteiger partial charge is 0.410 e. The summed E-state index contributed by atoms with van der Waals surface area (Å²) in [6.45, 7) is 5.88. The molecule has 1 aliphatic heterocycles. The molecule has 0 N–H and O–H groups in total. The summed E-state index contributed by atoms with van der Waals surface area (Å²) in [5.41, 5.74) is -0.567. The first-order valence-corrected chi connectivity index (χ1v) is 5.74. The van der Waals surface area contributed by atoms with Crippen molar-refractivity contribution in [3.63, 3.8) is 0 Å². The summed E-state index contributed by atoms with van der Waals surface area (Å²) >= 11 is 0. The molecule has 94 valence electrons. The highest BCUT2D eigenvalue weighted by Crippen LogP contribution is 2.22. The van der Waals surface area contributed by atoms with E-state index in [0.29, 0.717) is 13.0 Å². The number of likely N-dealkylation sites (tertiary alicyclic amines) is 1. The molecule has 1 amide bonds. The fourth-order valence-corrected chi connectivity index (χ4v) is 1.84. The van der Waals surface area contributed by atoms with Gasteiger partial charge in [-0.1, -0.05) is 0 Å². The standard InChI is InChI=1S/C12H18N2O3/c1-12(2,3)17-11(16)14-8-4-5-9(14)10(15)6-7-13/h9H,4-6,8H2,1-3H3/t9-/m0/s1. The second-order valence-electron chi connectivity index (χ2n) is 5.13. The van der Waals surface area contributed by atoms with Crippen LogP contribution in [-0.2, 0) is 9.53 Å². The highest BCUT2D eigenvalue weighted by molar-refractivity contribution is 5.89. The second kappa shape index (κ2) is 5.17. The third-order valence-corrected chi connectivity index (χ3v) is 2.51. The lowest BCUT2D eigenvalue weighted by atomic mass is 10.1. The van der Waals surface area contributed by atoms with E-state index in [1.165, 1.54) is 4.90 Å². The van der Waals surface area contributed by atoms with Crippen LogP contribution in [0.1, 0.15) is 40.0 Å². The monoisotopic (exact) mass is 238 g/mol. The Hall–Kier alpha value is -1.57. The van der Waals surface area contributed by atoms with Gasteiger partial charge in [0.05, 0.1) is 18.5 Å². The molecule has 1 aliphatic rings. The molecule has 0 saturated carbocycles. The van der Waals surface area contributed by atoms with Crippen molar-refractivity contribution in [3.05, 3.63) is 0 Å². The number of hydrogen-bond acceptors (Lipinski definition) is 4. The van der Waals surface area contributed by atoms with Crippen LogP contribution in [0, 0.1) is 11.3 Å². The number of carbonyl (C=O) groups excluding carboxylic acids is 2. The Kier molecular flexibility index (Phi) is 4.11. The summed E-state index contributed by atoms with van der Waals surface area (Å²) in [4.78, 5) is 24.9. The van der Waals surface area contributed by atoms with E-state index in [1.54, 1.807) is 20.8 Å². The SMILES string of the molecule is CC(C)(C)OC(=O)N1CCC[C@H]1C(=O)CC#N. The van der Waals surface area contributed by atoms with Gasteiger partial charge in [0.1, 0.15) is 5.60 Å². The van der Waals surface area contributed by atoms with Crippen molar-refractivity contribution in [1.82, 2.24) is 4.90 Å². The number of amides is 1. The highest BCUT2D eigenvalue weighted by Gasteiger charge is 2.35. The Morgan fingerprint density at radius 1 is 1.47 bits per heavy atom. The largest absolute Gasteiger partial charge is 0.444 e. The van der Waals surface area contributed by atoms with Crippen LogP contribution < -0.4 is 0 Å². The Balaban J connectivity index is 2.67. The maximum Gasteiger partial charge on any atom is 0.410 e. The van der Waals surface area contributed by atoms with Gasteiger partial charge in [-0.25, -0.2) is 4.79 Å². The van der Waals surface area contributed by atoms with Gasteiger partial charge < -0.3 is 4.74 Å². The van der Waals surface area contributed by atoms with E-state index >= 15 is 0 Å². The lowest BCUT2D eigenvalue weighted by Crippen LogP contribution is -2.43. The van der Waals surface area contributed by atoms with Crippen LogP contribution in [0.25, 0.3) is 0 Å². The van der Waals surface area contributed by atoms with E-state index in [0.717, 1.165) is 6.42 Å². The van der Waals surface area contributed by atoms with Crippen LogP contribution in [0.3, 0.4) is 0 Å². The number of carbonyl (C=O) groups is 2. The summed E-state index contributed by atoms with van der Waals surface area (Å²) in [5.74, 6) is -0.198. The van der Waals surface area contributed by atoms with Crippen molar-refractivity contribution in [3.8, 4) is 6.07 Å². The Morgan fingerprint density at radius 3 is 2.65 bits per heavy atom. The summed E-state index contributed by atoms with van der Waals surface area (Å²) in [7, 11) is 0. The van der Waals surface area contributed by atoms with Crippen molar-refractivity contribution < 1.29 is 14.3 Å². The van der Waals surface area contributed by atoms with E-state index in [1.807, 2.05) is 6.07 Å². The Bertz CT molecular complexity index is 352. The predicted octanol–water partition coefficient (Wildman–Crippen LogP) is 1.87. The van der Waals surface area contributed by atoms with Gasteiger partial charge in [0, 0.05) is 6.54 Å². The molecule has 1 heterocycles. The number of nitriles is 1. The van der Waals surface area contributed by atoms with E-state index in [4.69, 9.17) is 10.00 Å². The Morgan fingerprint density at radius 2 is 2.12 bits per heavy atom. The second-order valence-corrected chi connectivity index (χ2v) is 5.13. The van der Waals surface area contributed by atoms with Crippen LogP contribution >= 0.6 is 0 Å². The molecule has 0 aromatic rings. The predicted molar refractivity (Wildman–Crippen MR) is 61.2 cm³/mol. The van der Waals surface area contributed by atoms with Gasteiger partial charge in [-0.3, -0.25) is 9.69 Å². The van der Waals surface area contributed by atoms with Crippen LogP contribution in [0.2, 0.25) is 0 Å². The van der Waals surface area contributed by atoms with Gasteiger partial charge in [0.2, 0.25) is 0 Å². The molecule has 0 aliphatic carbocycles. The fraction of sp³-hybridized carbons (Fsp3) is 0.750. The maximum absolute atomic E-state index is 11.8. The first kappa shape index (κ1) is 13.5. The Labute approximate surface area is 101 Å². The molecule has 0 aromatic heterocycles. The minimum absolute atomic E-state index is 0.149. The lowest BCUT2D eigenvalue weighted by molar-refractivity contribution is -0.122. The number of ketones is 1. The average Bonchev–Trinajstić information content (AvgIpc) is 2.63. The van der Waals surface area contributed by atoms with Gasteiger partial charge in [0.15, 0.2) is 5.78 Å². The zero-order valence-corrected chi connectivity index (χ0v) is 10.5. The summed E-state index contributed by atoms with van der Waals surface area (Å²) in [6.07, 6.45) is 0.788. The molecule has 17 heavy (non-hydrogen) atoms. The number of nitrogens with zero attached hydrogens (tertiary/aromatic N) is 2. The molecular formula is C12H18N2O3. The molecule has 1 fully saturated rings. The number of rotatable bonds is 2. The van der Waals surface area contributed by atoms with Gasteiger partial charge in [-0.2, -0.15) is 5.26 Å². The van der Waals surface area contributed by atoms with Crippen molar-refractivity contribution in [2.45, 2.75) is 51.7 Å². The summed E-state index contributed by atoms with van der Waals surface area (Å²) in [6, 6.07) is 1.34. The zero-order valence-electron chi connectivity index (χ0n) is 10.5. The lowest BCUT2D eigenvalue weighted by Gasteiger charge is -2.27. The van der Waals surface area contributed by atoms with Crippen LogP contribution in [-0.4, -0.2) is 35.0 Å². The summed E-state index contributed by atoms with van der Waals surface area (Å²) < 4.78 is 5.23. The maximum atomic E-state index is 11.8. The molecule has 1 saturated heterocycles. The van der Waals surface area contributed by atoms with E-state index < -0.39 is 17.7 Å². The van der Waals surface area contributed by atoms with E-state index in [2.05, 4.69) is 0 Å². The topological polar surface area (TPSA) is 70.4 Å². The van der Waals surface area contributed by atoms with Crippen molar-refractivity contribution in [1.29, 1.82) is 5.26 Å². The van der Waals surface area contributed by atoms with Crippen LogP contribution in [0.5, 0.6) is 0 Å². The third-order valence-electron chi connectivity index (χ3n) is 2.51. The van der Waals surface area contributed by atoms with Gasteiger partial charge >= 0.3 is 6.09 Å². The number of Topliss-reactive ketones (excluding diaryl/α,β-unsaturated/α-hetero) is 1. The molecule has 5 nitrogen and oxygen atoms in total. The molecule has 0 unspecified atom stereocenters. The molecule has 1 rings (SSSR count). The van der Waals surface area contributed by atoms with E-state index in [-0.39, 0.29) is 12.2 Å². The highest BCUT2D eigenvalue weighted by atomic mass is 16.6. The molecule has 0 spiro atoms. The zero-order chi connectivity index (χ0) is 13.1. The van der Waals surface area contributed by atoms with Crippen LogP contribution in [0.15, 0.2) is 0 Å². The first-order valence-electron chi connectivity index (χ1n) is 5.74. The van der Waals surface area contributed by atoms with Crippen molar-refractivity contribution >= 4 is 11.9 Å². The average molecular weight is 238 g/mol.